The number of carboxylic acids is 1. The van der Waals surface area contributed by atoms with Gasteiger partial charge in [0.1, 0.15) is 0 Å². The van der Waals surface area contributed by atoms with Crippen LogP contribution < -0.4 is 5.32 Å². The van der Waals surface area contributed by atoms with Gasteiger partial charge in [0.2, 0.25) is 0 Å². The molecule has 0 aliphatic carbocycles. The molecule has 2 N–H and O–H groups in total. The lowest BCUT2D eigenvalue weighted by atomic mass is 10.0. The molecule has 0 bridgehead atoms. The molecule has 2 atom stereocenters. The summed E-state index contributed by atoms with van der Waals surface area (Å²) in [6.45, 7) is 6.19. The van der Waals surface area contributed by atoms with E-state index in [2.05, 4.69) is 43.4 Å². The van der Waals surface area contributed by atoms with Gasteiger partial charge >= 0.3 is 5.97 Å². The summed E-state index contributed by atoms with van der Waals surface area (Å²) in [5.74, 6) is -0.735. The van der Waals surface area contributed by atoms with Crippen LogP contribution in [0.15, 0.2) is 24.3 Å². The van der Waals surface area contributed by atoms with Gasteiger partial charge in [-0.3, -0.25) is 4.79 Å². The molecule has 0 amide bonds. The minimum Gasteiger partial charge on any atom is -0.481 e. The lowest BCUT2D eigenvalue weighted by Gasteiger charge is -2.20. The Balaban J connectivity index is 2.45. The monoisotopic (exact) mass is 235 g/mol. The van der Waals surface area contributed by atoms with E-state index < -0.39 is 5.97 Å². The van der Waals surface area contributed by atoms with Crippen molar-refractivity contribution in [1.29, 1.82) is 0 Å². The molecule has 1 unspecified atom stereocenters. The molecule has 17 heavy (non-hydrogen) atoms. The summed E-state index contributed by atoms with van der Waals surface area (Å²) in [4.78, 5) is 10.5. The maximum Gasteiger partial charge on any atom is 0.303 e. The van der Waals surface area contributed by atoms with Gasteiger partial charge in [-0.15, -0.1) is 0 Å². The van der Waals surface area contributed by atoms with Crippen molar-refractivity contribution in [3.8, 4) is 0 Å². The number of hydrogen-bond acceptors (Lipinski definition) is 2. The van der Waals surface area contributed by atoms with Crippen LogP contribution in [0.1, 0.15) is 43.9 Å². The van der Waals surface area contributed by atoms with Gasteiger partial charge in [0.25, 0.3) is 0 Å². The Bertz CT molecular complexity index is 359. The maximum atomic E-state index is 10.5. The third-order valence-corrected chi connectivity index (χ3v) is 2.90. The van der Waals surface area contributed by atoms with E-state index in [9.17, 15) is 4.79 Å². The first-order chi connectivity index (χ1) is 7.99. The number of carboxylic acid groups (broad SMARTS) is 1. The molecule has 0 spiro atoms. The second kappa shape index (κ2) is 6.40. The standard InChI is InChI=1S/C14H21NO2/c1-10-4-7-13(8-5-10)12(3)15-11(2)6-9-14(16)17/h4-5,7-8,11-12,15H,6,9H2,1-3H3,(H,16,17)/t11?,12-/m0/s1. The minimum absolute atomic E-state index is 0.211. The predicted molar refractivity (Wildman–Crippen MR) is 69.1 cm³/mol. The van der Waals surface area contributed by atoms with Crippen LogP contribution in [-0.2, 0) is 4.79 Å². The van der Waals surface area contributed by atoms with Crippen LogP contribution >= 0.6 is 0 Å². The van der Waals surface area contributed by atoms with Crippen molar-refractivity contribution in [2.24, 2.45) is 0 Å². The van der Waals surface area contributed by atoms with Crippen molar-refractivity contribution in [3.63, 3.8) is 0 Å². The molecule has 0 saturated carbocycles. The zero-order valence-corrected chi connectivity index (χ0v) is 10.7. The van der Waals surface area contributed by atoms with Crippen molar-refractivity contribution in [2.75, 3.05) is 0 Å². The van der Waals surface area contributed by atoms with E-state index in [4.69, 9.17) is 5.11 Å². The molecule has 0 radical (unpaired) electrons. The van der Waals surface area contributed by atoms with Gasteiger partial charge in [0.05, 0.1) is 0 Å². The molecule has 94 valence electrons. The first-order valence-corrected chi connectivity index (χ1v) is 6.03. The second-order valence-corrected chi connectivity index (χ2v) is 4.63. The third-order valence-electron chi connectivity index (χ3n) is 2.90. The number of carbonyl (C=O) groups is 1. The Morgan fingerprint density at radius 1 is 1.29 bits per heavy atom. The highest BCUT2D eigenvalue weighted by Crippen LogP contribution is 2.14. The van der Waals surface area contributed by atoms with Crippen molar-refractivity contribution in [1.82, 2.24) is 5.32 Å². The Kier molecular flexibility index (Phi) is 5.16. The summed E-state index contributed by atoms with van der Waals surface area (Å²) in [6.07, 6.45) is 0.875. The predicted octanol–water partition coefficient (Wildman–Crippen LogP) is 2.90. The van der Waals surface area contributed by atoms with Gasteiger partial charge in [0.15, 0.2) is 0 Å². The number of hydrogen-bond donors (Lipinski definition) is 2. The molecule has 0 saturated heterocycles. The van der Waals surface area contributed by atoms with Gasteiger partial charge in [-0.2, -0.15) is 0 Å². The average Bonchev–Trinajstić information content (AvgIpc) is 2.27. The number of aliphatic carboxylic acids is 1. The Morgan fingerprint density at radius 3 is 2.41 bits per heavy atom. The largest absolute Gasteiger partial charge is 0.481 e. The highest BCUT2D eigenvalue weighted by atomic mass is 16.4. The van der Waals surface area contributed by atoms with Crippen molar-refractivity contribution in [2.45, 2.75) is 45.7 Å². The van der Waals surface area contributed by atoms with Crippen molar-refractivity contribution in [3.05, 3.63) is 35.4 Å². The molecule has 0 aromatic heterocycles. The van der Waals surface area contributed by atoms with Gasteiger partial charge < -0.3 is 10.4 Å². The molecular formula is C14H21NO2. The Morgan fingerprint density at radius 2 is 1.88 bits per heavy atom. The third kappa shape index (κ3) is 5.00. The maximum absolute atomic E-state index is 10.5. The normalized spacial score (nSPS) is 14.3. The van der Waals surface area contributed by atoms with Crippen molar-refractivity contribution >= 4 is 5.97 Å². The first kappa shape index (κ1) is 13.7. The summed E-state index contributed by atoms with van der Waals surface area (Å²) < 4.78 is 0. The number of aryl methyl sites for hydroxylation is 1. The molecule has 0 fully saturated rings. The van der Waals surface area contributed by atoms with Crippen LogP contribution in [0.3, 0.4) is 0 Å². The fraction of sp³-hybridized carbons (Fsp3) is 0.500. The average molecular weight is 235 g/mol. The lowest BCUT2D eigenvalue weighted by molar-refractivity contribution is -0.137. The fourth-order valence-corrected chi connectivity index (χ4v) is 1.80. The van der Waals surface area contributed by atoms with Crippen LogP contribution in [-0.4, -0.2) is 17.1 Å². The number of rotatable bonds is 6. The van der Waals surface area contributed by atoms with E-state index in [0.717, 1.165) is 0 Å². The van der Waals surface area contributed by atoms with E-state index in [1.165, 1.54) is 11.1 Å². The first-order valence-electron chi connectivity index (χ1n) is 6.03. The molecule has 1 aromatic carbocycles. The fourth-order valence-electron chi connectivity index (χ4n) is 1.80. The Hall–Kier alpha value is -1.35. The molecule has 0 aliphatic heterocycles. The van der Waals surface area contributed by atoms with E-state index in [1.807, 2.05) is 6.92 Å². The number of benzene rings is 1. The summed E-state index contributed by atoms with van der Waals surface area (Å²) in [7, 11) is 0. The van der Waals surface area contributed by atoms with E-state index in [1.54, 1.807) is 0 Å². The summed E-state index contributed by atoms with van der Waals surface area (Å²) >= 11 is 0. The second-order valence-electron chi connectivity index (χ2n) is 4.63. The molecular weight excluding hydrogens is 214 g/mol. The molecule has 3 nitrogen and oxygen atoms in total. The highest BCUT2D eigenvalue weighted by molar-refractivity contribution is 5.66. The Labute approximate surface area is 103 Å². The van der Waals surface area contributed by atoms with Crippen molar-refractivity contribution < 1.29 is 9.90 Å². The quantitative estimate of drug-likeness (QED) is 0.797. The molecule has 1 rings (SSSR count). The summed E-state index contributed by atoms with van der Waals surface area (Å²) in [6, 6.07) is 8.86. The van der Waals surface area contributed by atoms with Gasteiger partial charge in [-0.05, 0) is 32.8 Å². The van der Waals surface area contributed by atoms with Crippen LogP contribution in [0, 0.1) is 6.92 Å². The van der Waals surface area contributed by atoms with Crippen LogP contribution in [0.2, 0.25) is 0 Å². The zero-order chi connectivity index (χ0) is 12.8. The highest BCUT2D eigenvalue weighted by Gasteiger charge is 2.10. The zero-order valence-electron chi connectivity index (χ0n) is 10.7. The molecule has 1 aromatic rings. The van der Waals surface area contributed by atoms with E-state index >= 15 is 0 Å². The van der Waals surface area contributed by atoms with Crippen LogP contribution in [0.25, 0.3) is 0 Å². The number of nitrogens with one attached hydrogen (secondary N) is 1. The van der Waals surface area contributed by atoms with E-state index in [-0.39, 0.29) is 18.5 Å². The van der Waals surface area contributed by atoms with Crippen LogP contribution in [0.4, 0.5) is 0 Å². The lowest BCUT2D eigenvalue weighted by Crippen LogP contribution is -2.29. The van der Waals surface area contributed by atoms with Crippen LogP contribution in [0.5, 0.6) is 0 Å². The van der Waals surface area contributed by atoms with Gasteiger partial charge in [-0.1, -0.05) is 29.8 Å². The minimum atomic E-state index is -0.735. The summed E-state index contributed by atoms with van der Waals surface area (Å²) in [5.41, 5.74) is 2.48. The molecule has 0 aliphatic rings. The smallest absolute Gasteiger partial charge is 0.303 e. The van der Waals surface area contributed by atoms with E-state index in [0.29, 0.717) is 6.42 Å². The summed E-state index contributed by atoms with van der Waals surface area (Å²) in [5, 5.41) is 12.0. The molecule has 3 heteroatoms. The molecule has 0 heterocycles. The SMILES string of the molecule is Cc1ccc([C@H](C)NC(C)CCC(=O)O)cc1. The van der Waals surface area contributed by atoms with Gasteiger partial charge in [0, 0.05) is 18.5 Å². The topological polar surface area (TPSA) is 49.3 Å². The van der Waals surface area contributed by atoms with Gasteiger partial charge in [-0.25, -0.2) is 0 Å².